The van der Waals surface area contributed by atoms with Crippen molar-refractivity contribution in [1.29, 1.82) is 0 Å². The average Bonchev–Trinajstić information content (AvgIpc) is 2.91. The molecule has 1 saturated heterocycles. The first-order chi connectivity index (χ1) is 9.87. The molecular formula is C16H19N3O. The van der Waals surface area contributed by atoms with Crippen molar-refractivity contribution >= 4 is 0 Å². The minimum atomic E-state index is 0.0247. The highest BCUT2D eigenvalue weighted by atomic mass is 16.5. The van der Waals surface area contributed by atoms with E-state index in [1.165, 1.54) is 12.0 Å². The van der Waals surface area contributed by atoms with Crippen molar-refractivity contribution < 1.29 is 4.52 Å². The summed E-state index contributed by atoms with van der Waals surface area (Å²) in [4.78, 5) is 4.68. The summed E-state index contributed by atoms with van der Waals surface area (Å²) < 4.78 is 5.49. The molecule has 104 valence electrons. The average molecular weight is 269 g/mol. The molecule has 1 aromatic carbocycles. The summed E-state index contributed by atoms with van der Waals surface area (Å²) in [6, 6.07) is 10.6. The molecule has 1 aliphatic carbocycles. The highest BCUT2D eigenvalue weighted by Crippen LogP contribution is 2.52. The standard InChI is InChI=1S/C16H19N3O/c1-2-4-13(5-3-1)16(7-8-16)15-18-14(20-19-15)10-12-6-9-17-11-12/h1-5,12,17H,6-11H2. The summed E-state index contributed by atoms with van der Waals surface area (Å²) in [5.74, 6) is 2.33. The molecule has 1 atom stereocenters. The molecule has 0 bridgehead atoms. The van der Waals surface area contributed by atoms with Crippen LogP contribution in [0.15, 0.2) is 34.9 Å². The number of benzene rings is 1. The minimum absolute atomic E-state index is 0.0247. The highest BCUT2D eigenvalue weighted by molar-refractivity contribution is 5.38. The summed E-state index contributed by atoms with van der Waals surface area (Å²) in [5, 5.41) is 7.64. The first-order valence-corrected chi connectivity index (χ1v) is 7.46. The van der Waals surface area contributed by atoms with Crippen LogP contribution in [0.2, 0.25) is 0 Å². The number of hydrogen-bond donors (Lipinski definition) is 1. The Kier molecular flexibility index (Phi) is 2.84. The second kappa shape index (κ2) is 4.70. The van der Waals surface area contributed by atoms with Crippen molar-refractivity contribution in [1.82, 2.24) is 15.5 Å². The lowest BCUT2D eigenvalue weighted by Crippen LogP contribution is -2.12. The van der Waals surface area contributed by atoms with Gasteiger partial charge in [0.2, 0.25) is 5.89 Å². The van der Waals surface area contributed by atoms with Gasteiger partial charge >= 0.3 is 0 Å². The van der Waals surface area contributed by atoms with Crippen molar-refractivity contribution in [2.75, 3.05) is 13.1 Å². The van der Waals surface area contributed by atoms with E-state index in [9.17, 15) is 0 Å². The fourth-order valence-corrected chi connectivity index (χ4v) is 3.19. The largest absolute Gasteiger partial charge is 0.339 e. The van der Waals surface area contributed by atoms with E-state index < -0.39 is 0 Å². The molecule has 4 heteroatoms. The van der Waals surface area contributed by atoms with Crippen molar-refractivity contribution in [3.63, 3.8) is 0 Å². The Morgan fingerprint density at radius 1 is 1.25 bits per heavy atom. The highest BCUT2D eigenvalue weighted by Gasteiger charge is 2.49. The van der Waals surface area contributed by atoms with Crippen LogP contribution in [0.5, 0.6) is 0 Å². The summed E-state index contributed by atoms with van der Waals surface area (Å²) in [6.45, 7) is 2.18. The third kappa shape index (κ3) is 2.04. The van der Waals surface area contributed by atoms with E-state index in [4.69, 9.17) is 4.52 Å². The maximum Gasteiger partial charge on any atom is 0.227 e. The van der Waals surface area contributed by atoms with E-state index >= 15 is 0 Å². The van der Waals surface area contributed by atoms with Crippen molar-refractivity contribution in [2.24, 2.45) is 5.92 Å². The van der Waals surface area contributed by atoms with E-state index in [1.54, 1.807) is 0 Å². The molecule has 1 N–H and O–H groups in total. The Balaban J connectivity index is 1.56. The van der Waals surface area contributed by atoms with Gasteiger partial charge in [-0.1, -0.05) is 35.5 Å². The third-order valence-electron chi connectivity index (χ3n) is 4.60. The molecule has 2 aromatic rings. The fourth-order valence-electron chi connectivity index (χ4n) is 3.19. The molecule has 20 heavy (non-hydrogen) atoms. The van der Waals surface area contributed by atoms with Gasteiger partial charge in [-0.05, 0) is 43.8 Å². The monoisotopic (exact) mass is 269 g/mol. The SMILES string of the molecule is c1ccc(C2(c3noc(CC4CCNC4)n3)CC2)cc1. The van der Waals surface area contributed by atoms with Gasteiger partial charge in [0.15, 0.2) is 5.82 Å². The lowest BCUT2D eigenvalue weighted by atomic mass is 9.95. The van der Waals surface area contributed by atoms with Gasteiger partial charge in [0, 0.05) is 6.42 Å². The topological polar surface area (TPSA) is 51.0 Å². The van der Waals surface area contributed by atoms with Crippen LogP contribution in [-0.4, -0.2) is 23.2 Å². The lowest BCUT2D eigenvalue weighted by molar-refractivity contribution is 0.352. The maximum atomic E-state index is 5.49. The molecule has 1 saturated carbocycles. The minimum Gasteiger partial charge on any atom is -0.339 e. The summed E-state index contributed by atoms with van der Waals surface area (Å²) >= 11 is 0. The summed E-state index contributed by atoms with van der Waals surface area (Å²) in [7, 11) is 0. The maximum absolute atomic E-state index is 5.49. The predicted octanol–water partition coefficient (Wildman–Crippen LogP) is 2.30. The van der Waals surface area contributed by atoms with Crippen molar-refractivity contribution in [3.8, 4) is 0 Å². The molecule has 1 unspecified atom stereocenters. The van der Waals surface area contributed by atoms with Crippen LogP contribution < -0.4 is 5.32 Å². The van der Waals surface area contributed by atoms with E-state index in [0.29, 0.717) is 5.92 Å². The Bertz CT molecular complexity index is 583. The Morgan fingerprint density at radius 3 is 2.80 bits per heavy atom. The Morgan fingerprint density at radius 2 is 2.10 bits per heavy atom. The van der Waals surface area contributed by atoms with Gasteiger partial charge < -0.3 is 9.84 Å². The zero-order chi connectivity index (χ0) is 13.4. The molecule has 2 heterocycles. The second-order valence-corrected chi connectivity index (χ2v) is 6.02. The quantitative estimate of drug-likeness (QED) is 0.925. The number of rotatable bonds is 4. The van der Waals surface area contributed by atoms with Crippen LogP contribution >= 0.6 is 0 Å². The third-order valence-corrected chi connectivity index (χ3v) is 4.60. The van der Waals surface area contributed by atoms with Gasteiger partial charge in [0.05, 0.1) is 5.41 Å². The van der Waals surface area contributed by atoms with Gasteiger partial charge in [0.1, 0.15) is 0 Å². The molecule has 1 aliphatic heterocycles. The second-order valence-electron chi connectivity index (χ2n) is 6.02. The van der Waals surface area contributed by atoms with Crippen molar-refractivity contribution in [2.45, 2.75) is 31.1 Å². The molecule has 0 spiro atoms. The molecular weight excluding hydrogens is 250 g/mol. The normalized spacial score (nSPS) is 23.9. The van der Waals surface area contributed by atoms with Gasteiger partial charge in [-0.15, -0.1) is 0 Å². The molecule has 2 aliphatic rings. The fraction of sp³-hybridized carbons (Fsp3) is 0.500. The van der Waals surface area contributed by atoms with Gasteiger partial charge in [-0.2, -0.15) is 4.98 Å². The number of nitrogens with zero attached hydrogens (tertiary/aromatic N) is 2. The smallest absolute Gasteiger partial charge is 0.227 e. The van der Waals surface area contributed by atoms with Gasteiger partial charge in [-0.3, -0.25) is 0 Å². The van der Waals surface area contributed by atoms with Crippen LogP contribution in [0.4, 0.5) is 0 Å². The number of hydrogen-bond acceptors (Lipinski definition) is 4. The molecule has 1 aromatic heterocycles. The van der Waals surface area contributed by atoms with Crippen LogP contribution in [0.1, 0.15) is 36.5 Å². The van der Waals surface area contributed by atoms with E-state index in [0.717, 1.165) is 44.1 Å². The number of aromatic nitrogens is 2. The summed E-state index contributed by atoms with van der Waals surface area (Å²) in [5.41, 5.74) is 1.34. The first-order valence-electron chi connectivity index (χ1n) is 7.46. The Labute approximate surface area is 118 Å². The van der Waals surface area contributed by atoms with E-state index in [1.807, 2.05) is 6.07 Å². The predicted molar refractivity (Wildman–Crippen MR) is 75.4 cm³/mol. The van der Waals surface area contributed by atoms with Crippen LogP contribution in [0.3, 0.4) is 0 Å². The zero-order valence-electron chi connectivity index (χ0n) is 11.5. The number of nitrogens with one attached hydrogen (secondary N) is 1. The van der Waals surface area contributed by atoms with Crippen LogP contribution in [0, 0.1) is 5.92 Å². The molecule has 2 fully saturated rings. The molecule has 4 rings (SSSR count). The zero-order valence-corrected chi connectivity index (χ0v) is 11.5. The van der Waals surface area contributed by atoms with Gasteiger partial charge in [-0.25, -0.2) is 0 Å². The van der Waals surface area contributed by atoms with E-state index in [2.05, 4.69) is 39.7 Å². The lowest BCUT2D eigenvalue weighted by Gasteiger charge is -2.10. The molecule has 0 amide bonds. The van der Waals surface area contributed by atoms with Crippen molar-refractivity contribution in [3.05, 3.63) is 47.6 Å². The summed E-state index contributed by atoms with van der Waals surface area (Å²) in [6.07, 6.45) is 4.37. The molecule has 0 radical (unpaired) electrons. The van der Waals surface area contributed by atoms with E-state index in [-0.39, 0.29) is 5.41 Å². The van der Waals surface area contributed by atoms with Gasteiger partial charge in [0.25, 0.3) is 0 Å². The van der Waals surface area contributed by atoms with Crippen LogP contribution in [-0.2, 0) is 11.8 Å². The van der Waals surface area contributed by atoms with Crippen LogP contribution in [0.25, 0.3) is 0 Å². The molecule has 4 nitrogen and oxygen atoms in total. The Hall–Kier alpha value is -1.68. The first kappa shape index (κ1) is 12.1.